The van der Waals surface area contributed by atoms with Gasteiger partial charge in [0.2, 0.25) is 0 Å². The van der Waals surface area contributed by atoms with Gasteiger partial charge in [0.15, 0.2) is 5.69 Å². The van der Waals surface area contributed by atoms with Crippen molar-refractivity contribution in [1.29, 1.82) is 0 Å². The maximum Gasteiger partial charge on any atom is 0.358 e. The van der Waals surface area contributed by atoms with Crippen LogP contribution in [0.2, 0.25) is 0 Å². The summed E-state index contributed by atoms with van der Waals surface area (Å²) in [6, 6.07) is 6.55. The molecule has 22 heavy (non-hydrogen) atoms. The molecule has 2 rings (SSSR count). The molecule has 0 amide bonds. The molecule has 0 spiro atoms. The van der Waals surface area contributed by atoms with E-state index < -0.39 is 11.9 Å². The Bertz CT molecular complexity index is 689. The van der Waals surface area contributed by atoms with Crippen LogP contribution in [0.3, 0.4) is 0 Å². The number of carboxylic acids is 1. The van der Waals surface area contributed by atoms with Crippen LogP contribution in [0.5, 0.6) is 0 Å². The third-order valence-corrected chi connectivity index (χ3v) is 3.10. The maximum absolute atomic E-state index is 11.4. The van der Waals surface area contributed by atoms with Crippen LogP contribution in [-0.2, 0) is 11.2 Å². The van der Waals surface area contributed by atoms with E-state index in [0.717, 1.165) is 0 Å². The number of esters is 1. The average molecular weight is 303 g/mol. The number of rotatable bonds is 5. The highest BCUT2D eigenvalue weighted by Gasteiger charge is 2.20. The van der Waals surface area contributed by atoms with Gasteiger partial charge in [-0.2, -0.15) is 0 Å². The summed E-state index contributed by atoms with van der Waals surface area (Å²) in [5.74, 6) is -1.28. The van der Waals surface area contributed by atoms with Crippen molar-refractivity contribution in [3.05, 3.63) is 41.2 Å². The summed E-state index contributed by atoms with van der Waals surface area (Å²) in [7, 11) is 1.31. The molecule has 0 saturated heterocycles. The van der Waals surface area contributed by atoms with Crippen LogP contribution in [0.1, 0.15) is 40.4 Å². The normalized spacial score (nSPS) is 10.7. The fourth-order valence-electron chi connectivity index (χ4n) is 2.10. The van der Waals surface area contributed by atoms with Gasteiger partial charge in [0, 0.05) is 0 Å². The molecule has 0 aliphatic carbocycles. The molecule has 0 unspecified atom stereocenters. The average Bonchev–Trinajstić information content (AvgIpc) is 2.89. The number of ether oxygens (including phenoxy) is 1. The summed E-state index contributed by atoms with van der Waals surface area (Å²) >= 11 is 0. The number of aromatic nitrogens is 3. The Balaban J connectivity index is 2.43. The van der Waals surface area contributed by atoms with Crippen molar-refractivity contribution in [2.24, 2.45) is 5.92 Å². The van der Waals surface area contributed by atoms with Gasteiger partial charge >= 0.3 is 11.9 Å². The Kier molecular flexibility index (Phi) is 4.55. The van der Waals surface area contributed by atoms with Gasteiger partial charge in [-0.15, -0.1) is 5.10 Å². The third kappa shape index (κ3) is 3.13. The smallest absolute Gasteiger partial charge is 0.358 e. The van der Waals surface area contributed by atoms with E-state index in [2.05, 4.69) is 15.0 Å². The zero-order valence-electron chi connectivity index (χ0n) is 12.6. The molecular formula is C15H17N3O4. The first-order valence-electron chi connectivity index (χ1n) is 6.80. The van der Waals surface area contributed by atoms with Crippen molar-refractivity contribution in [2.75, 3.05) is 7.11 Å². The number of carbonyl (C=O) groups is 2. The Hall–Kier alpha value is -2.70. The van der Waals surface area contributed by atoms with E-state index in [9.17, 15) is 14.7 Å². The molecule has 116 valence electrons. The molecule has 0 atom stereocenters. The van der Waals surface area contributed by atoms with Crippen LogP contribution in [0.25, 0.3) is 5.69 Å². The number of hydrogen-bond donors (Lipinski definition) is 1. The SMILES string of the molecule is COC(=O)c1ccc(-n2nnc(C(=O)O)c2CC(C)C)cc1. The van der Waals surface area contributed by atoms with Crippen molar-refractivity contribution < 1.29 is 19.4 Å². The molecule has 7 nitrogen and oxygen atoms in total. The summed E-state index contributed by atoms with van der Waals surface area (Å²) in [4.78, 5) is 22.7. The highest BCUT2D eigenvalue weighted by Crippen LogP contribution is 2.18. The molecule has 1 aromatic carbocycles. The van der Waals surface area contributed by atoms with Crippen molar-refractivity contribution in [3.63, 3.8) is 0 Å². The summed E-state index contributed by atoms with van der Waals surface area (Å²) in [5.41, 5.74) is 1.54. The minimum absolute atomic E-state index is 0.0502. The molecule has 0 radical (unpaired) electrons. The summed E-state index contributed by atoms with van der Waals surface area (Å²) in [6.45, 7) is 3.98. The van der Waals surface area contributed by atoms with Crippen molar-refractivity contribution in [1.82, 2.24) is 15.0 Å². The minimum Gasteiger partial charge on any atom is -0.476 e. The lowest BCUT2D eigenvalue weighted by molar-refractivity contribution is 0.0599. The first-order valence-corrected chi connectivity index (χ1v) is 6.80. The lowest BCUT2D eigenvalue weighted by Gasteiger charge is -2.09. The Morgan fingerprint density at radius 1 is 1.27 bits per heavy atom. The summed E-state index contributed by atoms with van der Waals surface area (Å²) in [6.07, 6.45) is 0.535. The second-order valence-electron chi connectivity index (χ2n) is 5.24. The van der Waals surface area contributed by atoms with Crippen molar-refractivity contribution in [2.45, 2.75) is 20.3 Å². The molecule has 0 aliphatic rings. The van der Waals surface area contributed by atoms with Crippen molar-refractivity contribution >= 4 is 11.9 Å². The maximum atomic E-state index is 11.4. The molecule has 1 aromatic heterocycles. The van der Waals surface area contributed by atoms with E-state index >= 15 is 0 Å². The first kappa shape index (κ1) is 15.7. The van der Waals surface area contributed by atoms with Crippen LogP contribution in [-0.4, -0.2) is 39.1 Å². The predicted octanol–water partition coefficient (Wildman–Crippen LogP) is 1.95. The van der Waals surface area contributed by atoms with Crippen LogP contribution in [0.4, 0.5) is 0 Å². The Morgan fingerprint density at radius 2 is 1.91 bits per heavy atom. The van der Waals surface area contributed by atoms with E-state index in [0.29, 0.717) is 23.4 Å². The molecule has 0 bridgehead atoms. The predicted molar refractivity (Wildman–Crippen MR) is 78.2 cm³/mol. The fourth-order valence-corrected chi connectivity index (χ4v) is 2.10. The number of nitrogens with zero attached hydrogens (tertiary/aromatic N) is 3. The van der Waals surface area contributed by atoms with Crippen molar-refractivity contribution in [3.8, 4) is 5.69 Å². The van der Waals surface area contributed by atoms with Gasteiger partial charge in [0.1, 0.15) is 0 Å². The van der Waals surface area contributed by atoms with Crippen LogP contribution < -0.4 is 0 Å². The second kappa shape index (κ2) is 6.38. The van der Waals surface area contributed by atoms with Gasteiger partial charge in [-0.05, 0) is 36.6 Å². The number of carboxylic acid groups (broad SMARTS) is 1. The van der Waals surface area contributed by atoms with E-state index in [1.807, 2.05) is 13.8 Å². The molecule has 2 aromatic rings. The summed E-state index contributed by atoms with van der Waals surface area (Å²) in [5, 5.41) is 16.9. The van der Waals surface area contributed by atoms with Gasteiger partial charge in [-0.3, -0.25) is 0 Å². The second-order valence-corrected chi connectivity index (χ2v) is 5.24. The highest BCUT2D eigenvalue weighted by atomic mass is 16.5. The van der Waals surface area contributed by atoms with Gasteiger partial charge in [0.05, 0.1) is 24.1 Å². The zero-order valence-corrected chi connectivity index (χ0v) is 12.6. The Morgan fingerprint density at radius 3 is 2.41 bits per heavy atom. The van der Waals surface area contributed by atoms with Crippen LogP contribution >= 0.6 is 0 Å². The number of benzene rings is 1. The zero-order chi connectivity index (χ0) is 16.3. The number of carbonyl (C=O) groups excluding carboxylic acids is 1. The van der Waals surface area contributed by atoms with Gasteiger partial charge in [-0.1, -0.05) is 19.1 Å². The number of hydrogen-bond acceptors (Lipinski definition) is 5. The fraction of sp³-hybridized carbons (Fsp3) is 0.333. The third-order valence-electron chi connectivity index (χ3n) is 3.10. The molecular weight excluding hydrogens is 286 g/mol. The monoisotopic (exact) mass is 303 g/mol. The van der Waals surface area contributed by atoms with E-state index in [1.54, 1.807) is 24.3 Å². The van der Waals surface area contributed by atoms with E-state index in [4.69, 9.17) is 0 Å². The van der Waals surface area contributed by atoms with Gasteiger partial charge in [-0.25, -0.2) is 14.3 Å². The lowest BCUT2D eigenvalue weighted by Crippen LogP contribution is -2.10. The molecule has 1 N–H and O–H groups in total. The van der Waals surface area contributed by atoms with Crippen LogP contribution in [0, 0.1) is 5.92 Å². The van der Waals surface area contributed by atoms with Crippen LogP contribution in [0.15, 0.2) is 24.3 Å². The first-order chi connectivity index (χ1) is 10.4. The topological polar surface area (TPSA) is 94.3 Å². The number of aromatic carboxylic acids is 1. The van der Waals surface area contributed by atoms with Gasteiger partial charge < -0.3 is 9.84 Å². The van der Waals surface area contributed by atoms with E-state index in [1.165, 1.54) is 11.8 Å². The molecule has 0 fully saturated rings. The quantitative estimate of drug-likeness (QED) is 0.848. The molecule has 1 heterocycles. The largest absolute Gasteiger partial charge is 0.476 e. The standard InChI is InChI=1S/C15H17N3O4/c1-9(2)8-12-13(14(19)20)16-17-18(12)11-6-4-10(5-7-11)15(21)22-3/h4-7,9H,8H2,1-3H3,(H,19,20). The Labute approximate surface area is 127 Å². The molecule has 0 aliphatic heterocycles. The lowest BCUT2D eigenvalue weighted by atomic mass is 10.1. The summed E-state index contributed by atoms with van der Waals surface area (Å²) < 4.78 is 6.13. The number of methoxy groups -OCH3 is 1. The highest BCUT2D eigenvalue weighted by molar-refractivity contribution is 5.89. The van der Waals surface area contributed by atoms with Gasteiger partial charge in [0.25, 0.3) is 0 Å². The molecule has 0 saturated carbocycles. The van der Waals surface area contributed by atoms with E-state index in [-0.39, 0.29) is 11.6 Å². The minimum atomic E-state index is -1.10. The molecule has 7 heteroatoms.